The Bertz CT molecular complexity index is 1200. The average Bonchev–Trinajstić information content (AvgIpc) is 2.98. The Morgan fingerprint density at radius 1 is 1.04 bits per heavy atom. The predicted molar refractivity (Wildman–Crippen MR) is 94.6 cm³/mol. The number of amides is 1. The maximum absolute atomic E-state index is 12.6. The molecule has 0 unspecified atom stereocenters. The SMILES string of the molecule is O=C(NCC(F)(F)F)c1ccccc1NS(=O)(=O)c1ccc2[nH]c(=O)[nH]c2c1. The lowest BCUT2D eigenvalue weighted by molar-refractivity contribution is -0.123. The summed E-state index contributed by atoms with van der Waals surface area (Å²) in [5.41, 5.74) is -0.319. The molecule has 148 valence electrons. The summed E-state index contributed by atoms with van der Waals surface area (Å²) in [5.74, 6) is -1.08. The van der Waals surface area contributed by atoms with Crippen molar-refractivity contribution in [1.82, 2.24) is 15.3 Å². The van der Waals surface area contributed by atoms with Gasteiger partial charge in [0, 0.05) is 0 Å². The topological polar surface area (TPSA) is 124 Å². The molecule has 28 heavy (non-hydrogen) atoms. The van der Waals surface area contributed by atoms with Gasteiger partial charge in [-0.2, -0.15) is 13.2 Å². The number of benzene rings is 2. The van der Waals surface area contributed by atoms with E-state index in [4.69, 9.17) is 0 Å². The molecule has 3 rings (SSSR count). The van der Waals surface area contributed by atoms with Crippen LogP contribution in [0.25, 0.3) is 11.0 Å². The molecule has 0 spiro atoms. The van der Waals surface area contributed by atoms with Crippen molar-refractivity contribution in [2.45, 2.75) is 11.1 Å². The number of H-pyrrole nitrogens is 2. The van der Waals surface area contributed by atoms with Crippen LogP contribution in [0.4, 0.5) is 18.9 Å². The van der Waals surface area contributed by atoms with Gasteiger partial charge in [0.1, 0.15) is 6.54 Å². The molecule has 0 saturated carbocycles. The number of alkyl halides is 3. The maximum Gasteiger partial charge on any atom is 0.405 e. The number of carbonyl (C=O) groups excluding carboxylic acids is 1. The normalized spacial score (nSPS) is 12.1. The van der Waals surface area contributed by atoms with Crippen LogP contribution in [0.3, 0.4) is 0 Å². The highest BCUT2D eigenvalue weighted by Crippen LogP contribution is 2.22. The van der Waals surface area contributed by atoms with Gasteiger partial charge in [0.25, 0.3) is 15.9 Å². The third-order valence-electron chi connectivity index (χ3n) is 3.66. The average molecular weight is 414 g/mol. The molecule has 0 aliphatic rings. The number of carbonyl (C=O) groups is 1. The molecule has 4 N–H and O–H groups in total. The zero-order valence-electron chi connectivity index (χ0n) is 13.9. The van der Waals surface area contributed by atoms with Crippen molar-refractivity contribution in [3.8, 4) is 0 Å². The van der Waals surface area contributed by atoms with Crippen molar-refractivity contribution in [2.75, 3.05) is 11.3 Å². The van der Waals surface area contributed by atoms with Crippen LogP contribution in [-0.4, -0.2) is 37.0 Å². The standard InChI is InChI=1S/C16H13F3N4O4S/c17-16(18,19)8-20-14(24)10-3-1-2-4-11(10)23-28(26,27)9-5-6-12-13(7-9)22-15(25)21-12/h1-7,23H,8H2,(H,20,24)(H2,21,22,25). The Hall–Kier alpha value is -3.28. The summed E-state index contributed by atoms with van der Waals surface area (Å²) in [6.07, 6.45) is -4.60. The summed E-state index contributed by atoms with van der Waals surface area (Å²) < 4.78 is 64.3. The lowest BCUT2D eigenvalue weighted by Crippen LogP contribution is -2.34. The second-order valence-corrected chi connectivity index (χ2v) is 7.42. The highest BCUT2D eigenvalue weighted by Gasteiger charge is 2.28. The summed E-state index contributed by atoms with van der Waals surface area (Å²) in [6, 6.07) is 9.07. The van der Waals surface area contributed by atoms with Crippen molar-refractivity contribution >= 4 is 32.7 Å². The zero-order chi connectivity index (χ0) is 20.5. The van der Waals surface area contributed by atoms with E-state index in [1.165, 1.54) is 42.5 Å². The summed E-state index contributed by atoms with van der Waals surface area (Å²) in [7, 11) is -4.18. The Morgan fingerprint density at radius 2 is 1.71 bits per heavy atom. The van der Waals surface area contributed by atoms with Gasteiger partial charge in [0.05, 0.1) is 27.2 Å². The minimum absolute atomic E-state index is 0.190. The van der Waals surface area contributed by atoms with Crippen LogP contribution in [-0.2, 0) is 10.0 Å². The smallest absolute Gasteiger partial charge is 0.343 e. The van der Waals surface area contributed by atoms with Gasteiger partial charge in [0.15, 0.2) is 0 Å². The molecule has 8 nitrogen and oxygen atoms in total. The van der Waals surface area contributed by atoms with Crippen molar-refractivity contribution in [2.24, 2.45) is 0 Å². The minimum atomic E-state index is -4.60. The van der Waals surface area contributed by atoms with Gasteiger partial charge < -0.3 is 15.3 Å². The molecule has 0 radical (unpaired) electrons. The van der Waals surface area contributed by atoms with Crippen LogP contribution >= 0.6 is 0 Å². The fourth-order valence-electron chi connectivity index (χ4n) is 2.43. The van der Waals surface area contributed by atoms with Crippen molar-refractivity contribution < 1.29 is 26.4 Å². The van der Waals surface area contributed by atoms with E-state index in [0.29, 0.717) is 5.52 Å². The first-order valence-electron chi connectivity index (χ1n) is 7.74. The predicted octanol–water partition coefficient (Wildman–Crippen LogP) is 1.95. The lowest BCUT2D eigenvalue weighted by Gasteiger charge is -2.13. The Labute approximate surface area is 155 Å². The number of nitrogens with one attached hydrogen (secondary N) is 4. The van der Waals surface area contributed by atoms with Crippen LogP contribution in [0.5, 0.6) is 0 Å². The molecule has 0 saturated heterocycles. The Morgan fingerprint density at radius 3 is 2.43 bits per heavy atom. The third-order valence-corrected chi connectivity index (χ3v) is 5.03. The molecule has 1 aromatic heterocycles. The van der Waals surface area contributed by atoms with Gasteiger partial charge in [-0.05, 0) is 30.3 Å². The van der Waals surface area contributed by atoms with E-state index in [2.05, 4.69) is 14.7 Å². The summed E-state index contributed by atoms with van der Waals surface area (Å²) >= 11 is 0. The number of rotatable bonds is 5. The van der Waals surface area contributed by atoms with E-state index in [9.17, 15) is 31.2 Å². The van der Waals surface area contributed by atoms with E-state index in [1.807, 2.05) is 0 Å². The number of para-hydroxylation sites is 1. The molecule has 0 aliphatic carbocycles. The number of aromatic amines is 2. The molecule has 0 atom stereocenters. The minimum Gasteiger partial charge on any atom is -0.343 e. The number of aromatic nitrogens is 2. The second kappa shape index (κ2) is 7.03. The van der Waals surface area contributed by atoms with Crippen LogP contribution in [0.15, 0.2) is 52.2 Å². The molecule has 1 heterocycles. The highest BCUT2D eigenvalue weighted by molar-refractivity contribution is 7.92. The van der Waals surface area contributed by atoms with Crippen molar-refractivity contribution in [3.05, 3.63) is 58.5 Å². The number of imidazole rings is 1. The van der Waals surface area contributed by atoms with Crippen LogP contribution in [0.2, 0.25) is 0 Å². The van der Waals surface area contributed by atoms with Crippen LogP contribution in [0, 0.1) is 0 Å². The van der Waals surface area contributed by atoms with Crippen molar-refractivity contribution in [1.29, 1.82) is 0 Å². The lowest BCUT2D eigenvalue weighted by atomic mass is 10.1. The number of halogens is 3. The molecule has 0 aliphatic heterocycles. The first-order chi connectivity index (χ1) is 13.0. The molecular formula is C16H13F3N4O4S. The van der Waals surface area contributed by atoms with Crippen LogP contribution < -0.4 is 15.7 Å². The van der Waals surface area contributed by atoms with Gasteiger partial charge in [-0.15, -0.1) is 0 Å². The third kappa shape index (κ3) is 4.34. The highest BCUT2D eigenvalue weighted by atomic mass is 32.2. The number of anilines is 1. The zero-order valence-corrected chi connectivity index (χ0v) is 14.7. The first-order valence-corrected chi connectivity index (χ1v) is 9.22. The van der Waals surface area contributed by atoms with E-state index in [0.717, 1.165) is 0 Å². The van der Waals surface area contributed by atoms with E-state index >= 15 is 0 Å². The summed E-state index contributed by atoms with van der Waals surface area (Å²) in [6.45, 7) is -1.55. The second-order valence-electron chi connectivity index (χ2n) is 5.74. The fourth-order valence-corrected chi connectivity index (χ4v) is 3.53. The number of hydrogen-bond acceptors (Lipinski definition) is 4. The summed E-state index contributed by atoms with van der Waals surface area (Å²) in [5, 5.41) is 1.69. The quantitative estimate of drug-likeness (QED) is 0.509. The van der Waals surface area contributed by atoms with Gasteiger partial charge in [-0.25, -0.2) is 13.2 Å². The van der Waals surface area contributed by atoms with E-state index < -0.39 is 34.3 Å². The molecular weight excluding hydrogens is 401 g/mol. The molecule has 3 aromatic rings. The number of fused-ring (bicyclic) bond motifs is 1. The Kier molecular flexibility index (Phi) is 4.89. The molecule has 0 fully saturated rings. The fraction of sp³-hybridized carbons (Fsp3) is 0.125. The van der Waals surface area contributed by atoms with Gasteiger partial charge in [0.2, 0.25) is 0 Å². The monoisotopic (exact) mass is 414 g/mol. The number of sulfonamides is 1. The van der Waals surface area contributed by atoms with Crippen molar-refractivity contribution in [3.63, 3.8) is 0 Å². The maximum atomic E-state index is 12.6. The summed E-state index contributed by atoms with van der Waals surface area (Å²) in [4.78, 5) is 28.0. The van der Waals surface area contributed by atoms with Gasteiger partial charge >= 0.3 is 11.9 Å². The van der Waals surface area contributed by atoms with Crippen LogP contribution in [0.1, 0.15) is 10.4 Å². The van der Waals surface area contributed by atoms with Gasteiger partial charge in [-0.1, -0.05) is 12.1 Å². The van der Waals surface area contributed by atoms with E-state index in [1.54, 1.807) is 5.32 Å². The van der Waals surface area contributed by atoms with E-state index in [-0.39, 0.29) is 21.7 Å². The Balaban J connectivity index is 1.89. The first kappa shape index (κ1) is 19.5. The molecule has 2 aromatic carbocycles. The number of hydrogen-bond donors (Lipinski definition) is 4. The largest absolute Gasteiger partial charge is 0.405 e. The molecule has 1 amide bonds. The van der Waals surface area contributed by atoms with Gasteiger partial charge in [-0.3, -0.25) is 9.52 Å². The molecule has 0 bridgehead atoms. The molecule has 12 heteroatoms.